The number of aliphatic hydroxyl groups excluding tert-OH is 2. The molecule has 0 amide bonds. The lowest BCUT2D eigenvalue weighted by Gasteiger charge is -2.12. The molecule has 0 aliphatic heterocycles. The zero-order valence-corrected chi connectivity index (χ0v) is 7.89. The van der Waals surface area contributed by atoms with Crippen molar-refractivity contribution in [3.8, 4) is 0 Å². The number of hydrogen-bond acceptors (Lipinski definition) is 3. The topological polar surface area (TPSA) is 49.7 Å². The van der Waals surface area contributed by atoms with Crippen molar-refractivity contribution in [2.45, 2.75) is 12.5 Å². The largest absolute Gasteiger partial charge is 0.458 e. The molecule has 3 heteroatoms. The Kier molecular flexibility index (Phi) is 4.16. The molecular formula is C11H14O3. The van der Waals surface area contributed by atoms with Gasteiger partial charge in [0.25, 0.3) is 0 Å². The zero-order valence-electron chi connectivity index (χ0n) is 7.89. The van der Waals surface area contributed by atoms with Crippen LogP contribution in [0.15, 0.2) is 48.5 Å². The van der Waals surface area contributed by atoms with Gasteiger partial charge in [0.05, 0.1) is 12.7 Å². The lowest BCUT2D eigenvalue weighted by Crippen LogP contribution is -2.05. The summed E-state index contributed by atoms with van der Waals surface area (Å²) in [6.07, 6.45) is 8.45. The van der Waals surface area contributed by atoms with Gasteiger partial charge in [-0.15, -0.1) is 0 Å². The lowest BCUT2D eigenvalue weighted by atomic mass is 10.1. The molecule has 3 nitrogen and oxygen atoms in total. The van der Waals surface area contributed by atoms with E-state index in [1.165, 1.54) is 0 Å². The quantitative estimate of drug-likeness (QED) is 0.523. The van der Waals surface area contributed by atoms with E-state index in [0.717, 1.165) is 0 Å². The van der Waals surface area contributed by atoms with Gasteiger partial charge in [0.1, 0.15) is 11.5 Å². The first-order valence-corrected chi connectivity index (χ1v) is 4.43. The molecule has 1 aliphatic rings. The maximum atomic E-state index is 9.15. The summed E-state index contributed by atoms with van der Waals surface area (Å²) in [4.78, 5) is 0. The van der Waals surface area contributed by atoms with Crippen molar-refractivity contribution in [1.82, 2.24) is 0 Å². The molecule has 0 heterocycles. The second kappa shape index (κ2) is 5.42. The molecule has 0 spiro atoms. The van der Waals surface area contributed by atoms with Crippen LogP contribution in [-0.2, 0) is 4.74 Å². The highest BCUT2D eigenvalue weighted by Gasteiger charge is 2.05. The molecule has 0 saturated carbocycles. The Hall–Kier alpha value is -1.32. The fraction of sp³-hybridized carbons (Fsp3) is 0.273. The standard InChI is InChI=1S/C11H14O3/c1-9(3-2-8-12)14-11-6-4-10(13)5-7-11/h2-4,6-7,10,12-13H,1,5,8H2/b3-2-. The van der Waals surface area contributed by atoms with Gasteiger partial charge in [-0.3, -0.25) is 0 Å². The first kappa shape index (κ1) is 10.8. The summed E-state index contributed by atoms with van der Waals surface area (Å²) in [5.41, 5.74) is 0. The molecule has 1 atom stereocenters. The minimum Gasteiger partial charge on any atom is -0.458 e. The molecule has 0 fully saturated rings. The summed E-state index contributed by atoms with van der Waals surface area (Å²) in [5, 5.41) is 17.7. The van der Waals surface area contributed by atoms with Gasteiger partial charge in [0.2, 0.25) is 0 Å². The minimum absolute atomic E-state index is 0.0318. The Bertz CT molecular complexity index is 287. The first-order chi connectivity index (χ1) is 6.72. The Morgan fingerprint density at radius 1 is 1.71 bits per heavy atom. The fourth-order valence-corrected chi connectivity index (χ4v) is 1.03. The molecule has 1 aliphatic carbocycles. The molecule has 0 aromatic carbocycles. The van der Waals surface area contributed by atoms with E-state index in [2.05, 4.69) is 6.58 Å². The maximum Gasteiger partial charge on any atom is 0.123 e. The van der Waals surface area contributed by atoms with Crippen LogP contribution in [0.1, 0.15) is 6.42 Å². The summed E-state index contributed by atoms with van der Waals surface area (Å²) in [6.45, 7) is 3.62. The summed E-state index contributed by atoms with van der Waals surface area (Å²) in [7, 11) is 0. The van der Waals surface area contributed by atoms with E-state index in [9.17, 15) is 0 Å². The third kappa shape index (κ3) is 3.60. The highest BCUT2D eigenvalue weighted by atomic mass is 16.5. The third-order valence-electron chi connectivity index (χ3n) is 1.70. The molecule has 0 saturated heterocycles. The number of ether oxygens (including phenoxy) is 1. The van der Waals surface area contributed by atoms with E-state index in [-0.39, 0.29) is 6.61 Å². The third-order valence-corrected chi connectivity index (χ3v) is 1.70. The Morgan fingerprint density at radius 2 is 2.50 bits per heavy atom. The van der Waals surface area contributed by atoms with Crippen molar-refractivity contribution in [3.05, 3.63) is 48.5 Å². The number of allylic oxidation sites excluding steroid dienone is 2. The summed E-state index contributed by atoms with van der Waals surface area (Å²) in [6, 6.07) is 0. The van der Waals surface area contributed by atoms with Crippen LogP contribution < -0.4 is 0 Å². The summed E-state index contributed by atoms with van der Waals surface area (Å²) < 4.78 is 5.31. The summed E-state index contributed by atoms with van der Waals surface area (Å²) >= 11 is 0. The predicted molar refractivity (Wildman–Crippen MR) is 54.3 cm³/mol. The molecule has 0 aromatic heterocycles. The maximum absolute atomic E-state index is 9.15. The van der Waals surface area contributed by atoms with Gasteiger partial charge in [0.15, 0.2) is 0 Å². The Labute approximate surface area is 83.3 Å². The molecule has 1 rings (SSSR count). The molecule has 0 radical (unpaired) electrons. The van der Waals surface area contributed by atoms with Gasteiger partial charge in [-0.1, -0.05) is 18.7 Å². The predicted octanol–water partition coefficient (Wildman–Crippen LogP) is 1.27. The molecular weight excluding hydrogens is 180 g/mol. The van der Waals surface area contributed by atoms with Gasteiger partial charge >= 0.3 is 0 Å². The van der Waals surface area contributed by atoms with Crippen molar-refractivity contribution in [1.29, 1.82) is 0 Å². The monoisotopic (exact) mass is 194 g/mol. The van der Waals surface area contributed by atoms with Crippen molar-refractivity contribution < 1.29 is 14.9 Å². The van der Waals surface area contributed by atoms with Gasteiger partial charge in [-0.2, -0.15) is 0 Å². The van der Waals surface area contributed by atoms with Crippen LogP contribution >= 0.6 is 0 Å². The van der Waals surface area contributed by atoms with E-state index in [1.54, 1.807) is 30.4 Å². The van der Waals surface area contributed by atoms with Crippen LogP contribution in [0, 0.1) is 0 Å². The van der Waals surface area contributed by atoms with E-state index < -0.39 is 6.10 Å². The SMILES string of the molecule is C=C(/C=C\CO)OC1=CCC(O)C=C1. The smallest absolute Gasteiger partial charge is 0.123 e. The van der Waals surface area contributed by atoms with Crippen molar-refractivity contribution in [3.63, 3.8) is 0 Å². The number of aliphatic hydroxyl groups is 2. The lowest BCUT2D eigenvalue weighted by molar-refractivity contribution is 0.219. The van der Waals surface area contributed by atoms with Crippen LogP contribution in [0.2, 0.25) is 0 Å². The van der Waals surface area contributed by atoms with Gasteiger partial charge in [-0.25, -0.2) is 0 Å². The number of rotatable bonds is 4. The molecule has 2 N–H and O–H groups in total. The van der Waals surface area contributed by atoms with Crippen molar-refractivity contribution >= 4 is 0 Å². The van der Waals surface area contributed by atoms with Gasteiger partial charge in [0, 0.05) is 0 Å². The van der Waals surface area contributed by atoms with E-state index >= 15 is 0 Å². The van der Waals surface area contributed by atoms with Crippen LogP contribution in [0.25, 0.3) is 0 Å². The Morgan fingerprint density at radius 3 is 3.07 bits per heavy atom. The molecule has 1 unspecified atom stereocenters. The van der Waals surface area contributed by atoms with Crippen LogP contribution in [0.3, 0.4) is 0 Å². The average Bonchev–Trinajstić information content (AvgIpc) is 2.18. The van der Waals surface area contributed by atoms with E-state index in [1.807, 2.05) is 0 Å². The highest BCUT2D eigenvalue weighted by molar-refractivity contribution is 5.22. The van der Waals surface area contributed by atoms with Crippen LogP contribution in [0.5, 0.6) is 0 Å². The zero-order chi connectivity index (χ0) is 10.4. The van der Waals surface area contributed by atoms with Crippen molar-refractivity contribution in [2.24, 2.45) is 0 Å². The molecule has 0 bridgehead atoms. The van der Waals surface area contributed by atoms with Gasteiger partial charge < -0.3 is 14.9 Å². The normalized spacial score (nSPS) is 21.0. The fourth-order valence-electron chi connectivity index (χ4n) is 1.03. The van der Waals surface area contributed by atoms with E-state index in [0.29, 0.717) is 17.9 Å². The number of hydrogen-bond donors (Lipinski definition) is 2. The summed E-state index contributed by atoms with van der Waals surface area (Å²) in [5.74, 6) is 1.13. The van der Waals surface area contributed by atoms with E-state index in [4.69, 9.17) is 14.9 Å². The first-order valence-electron chi connectivity index (χ1n) is 4.43. The Balaban J connectivity index is 2.42. The molecule has 0 aromatic rings. The van der Waals surface area contributed by atoms with Crippen LogP contribution in [-0.4, -0.2) is 22.9 Å². The highest BCUT2D eigenvalue weighted by Crippen LogP contribution is 2.14. The minimum atomic E-state index is -0.413. The molecule has 76 valence electrons. The second-order valence-electron chi connectivity index (χ2n) is 2.92. The molecule has 14 heavy (non-hydrogen) atoms. The second-order valence-corrected chi connectivity index (χ2v) is 2.92. The van der Waals surface area contributed by atoms with Crippen molar-refractivity contribution in [2.75, 3.05) is 6.61 Å². The van der Waals surface area contributed by atoms with Gasteiger partial charge in [-0.05, 0) is 24.6 Å². The average molecular weight is 194 g/mol. The van der Waals surface area contributed by atoms with Crippen LogP contribution in [0.4, 0.5) is 0 Å².